The molecule has 158 valence electrons. The number of carbonyl (C=O) groups is 2. The summed E-state index contributed by atoms with van der Waals surface area (Å²) < 4.78 is 8.28. The molecule has 0 aliphatic heterocycles. The van der Waals surface area contributed by atoms with Gasteiger partial charge in [0.05, 0.1) is 27.5 Å². The van der Waals surface area contributed by atoms with Gasteiger partial charge in [-0.1, -0.05) is 18.2 Å². The number of aromatic nitrogens is 2. The third kappa shape index (κ3) is 3.82. The first-order valence-corrected chi connectivity index (χ1v) is 10.3. The van der Waals surface area contributed by atoms with Crippen LogP contribution in [0.4, 0.5) is 10.7 Å². The number of benzene rings is 1. The van der Waals surface area contributed by atoms with Gasteiger partial charge in [0.2, 0.25) is 0 Å². The predicted molar refractivity (Wildman–Crippen MR) is 119 cm³/mol. The van der Waals surface area contributed by atoms with Crippen molar-refractivity contribution in [3.8, 4) is 5.69 Å². The number of aryl methyl sites for hydroxylation is 1. The summed E-state index contributed by atoms with van der Waals surface area (Å²) in [6.07, 6.45) is 1.41. The summed E-state index contributed by atoms with van der Waals surface area (Å²) in [6, 6.07) is 14.1. The molecule has 2 amide bonds. The maximum absolute atomic E-state index is 13.0. The Kier molecular flexibility index (Phi) is 5.35. The fraction of sp³-hybridized carbons (Fsp3) is 0.136. The second-order valence-corrected chi connectivity index (χ2v) is 8.00. The van der Waals surface area contributed by atoms with Crippen LogP contribution in [0.5, 0.6) is 0 Å². The Hall–Kier alpha value is -3.85. The Bertz CT molecular complexity index is 1310. The second-order valence-electron chi connectivity index (χ2n) is 6.94. The smallest absolute Gasteiger partial charge is 0.295 e. The molecule has 4 rings (SSSR count). The molecule has 0 radical (unpaired) electrons. The molecular weight excluding hydrogens is 416 g/mol. The molecule has 0 unspecified atom stereocenters. The van der Waals surface area contributed by atoms with Gasteiger partial charge >= 0.3 is 0 Å². The van der Waals surface area contributed by atoms with Crippen molar-refractivity contribution in [2.75, 3.05) is 10.6 Å². The van der Waals surface area contributed by atoms with Crippen molar-refractivity contribution in [2.24, 2.45) is 7.05 Å². The zero-order chi connectivity index (χ0) is 22.1. The van der Waals surface area contributed by atoms with E-state index in [0.717, 1.165) is 11.3 Å². The highest BCUT2D eigenvalue weighted by Gasteiger charge is 2.21. The minimum absolute atomic E-state index is 0.179. The molecule has 31 heavy (non-hydrogen) atoms. The number of para-hydroxylation sites is 1. The summed E-state index contributed by atoms with van der Waals surface area (Å²) in [5.41, 5.74) is 1.91. The summed E-state index contributed by atoms with van der Waals surface area (Å²) >= 11 is 1.13. The average Bonchev–Trinajstić information content (AvgIpc) is 3.46. The fourth-order valence-corrected chi connectivity index (χ4v) is 4.20. The van der Waals surface area contributed by atoms with Crippen LogP contribution in [-0.4, -0.2) is 21.2 Å². The Morgan fingerprint density at radius 3 is 2.42 bits per heavy atom. The number of anilines is 2. The van der Waals surface area contributed by atoms with Crippen molar-refractivity contribution >= 4 is 33.8 Å². The number of furan rings is 1. The van der Waals surface area contributed by atoms with E-state index in [2.05, 4.69) is 10.6 Å². The highest BCUT2D eigenvalue weighted by Crippen LogP contribution is 2.28. The number of nitrogens with zero attached hydrogens (tertiary/aromatic N) is 2. The standard InChI is InChI=1S/C22H20N4O4S/c1-13-12-17(23-20(27)16-10-7-11-30-16)31-19(13)21(28)24-18-14(2)25(3)26(22(18)29)15-8-5-4-6-9-15/h4-12H,1-3H3,(H,23,27)(H,24,28). The molecule has 3 aromatic heterocycles. The third-order valence-electron chi connectivity index (χ3n) is 4.90. The van der Waals surface area contributed by atoms with Crippen molar-refractivity contribution in [2.45, 2.75) is 13.8 Å². The van der Waals surface area contributed by atoms with Gasteiger partial charge in [0.25, 0.3) is 17.4 Å². The normalized spacial score (nSPS) is 10.8. The van der Waals surface area contributed by atoms with Crippen LogP contribution in [-0.2, 0) is 7.05 Å². The van der Waals surface area contributed by atoms with Gasteiger partial charge in [-0.2, -0.15) is 0 Å². The molecule has 0 fully saturated rings. The molecule has 1 aromatic carbocycles. The molecular formula is C22H20N4O4S. The maximum atomic E-state index is 13.0. The van der Waals surface area contributed by atoms with Gasteiger partial charge in [-0.15, -0.1) is 11.3 Å². The molecule has 0 spiro atoms. The van der Waals surface area contributed by atoms with Crippen LogP contribution < -0.4 is 16.2 Å². The third-order valence-corrected chi connectivity index (χ3v) is 6.05. The molecule has 2 N–H and O–H groups in total. The van der Waals surface area contributed by atoms with E-state index >= 15 is 0 Å². The summed E-state index contributed by atoms with van der Waals surface area (Å²) in [7, 11) is 1.76. The van der Waals surface area contributed by atoms with Gasteiger partial charge in [0.15, 0.2) is 5.76 Å². The number of amides is 2. The van der Waals surface area contributed by atoms with Crippen molar-refractivity contribution in [3.63, 3.8) is 0 Å². The maximum Gasteiger partial charge on any atom is 0.295 e. The molecule has 0 aliphatic carbocycles. The number of rotatable bonds is 5. The van der Waals surface area contributed by atoms with Crippen LogP contribution in [0.1, 0.15) is 31.5 Å². The zero-order valence-corrected chi connectivity index (χ0v) is 17.9. The monoisotopic (exact) mass is 436 g/mol. The number of hydrogen-bond acceptors (Lipinski definition) is 5. The lowest BCUT2D eigenvalue weighted by Crippen LogP contribution is -2.22. The van der Waals surface area contributed by atoms with Crippen LogP contribution in [0.15, 0.2) is 64.0 Å². The lowest BCUT2D eigenvalue weighted by Gasteiger charge is -2.07. The highest BCUT2D eigenvalue weighted by atomic mass is 32.1. The Morgan fingerprint density at radius 1 is 1.00 bits per heavy atom. The van der Waals surface area contributed by atoms with E-state index in [1.807, 2.05) is 30.3 Å². The van der Waals surface area contributed by atoms with E-state index in [9.17, 15) is 14.4 Å². The molecule has 4 aromatic rings. The largest absolute Gasteiger partial charge is 0.459 e. The molecule has 0 saturated carbocycles. The fourth-order valence-electron chi connectivity index (χ4n) is 3.23. The van der Waals surface area contributed by atoms with E-state index < -0.39 is 11.8 Å². The second kappa shape index (κ2) is 8.11. The summed E-state index contributed by atoms with van der Waals surface area (Å²) in [5.74, 6) is -0.631. The minimum Gasteiger partial charge on any atom is -0.459 e. The first-order valence-electron chi connectivity index (χ1n) is 9.47. The van der Waals surface area contributed by atoms with Gasteiger partial charge in [0.1, 0.15) is 5.69 Å². The molecule has 9 heteroatoms. The van der Waals surface area contributed by atoms with E-state index in [4.69, 9.17) is 4.42 Å². The van der Waals surface area contributed by atoms with Crippen LogP contribution >= 0.6 is 11.3 Å². The minimum atomic E-state index is -0.410. The lowest BCUT2D eigenvalue weighted by atomic mass is 10.2. The number of carbonyl (C=O) groups excluding carboxylic acids is 2. The lowest BCUT2D eigenvalue weighted by molar-refractivity contribution is 0.0995. The van der Waals surface area contributed by atoms with Crippen LogP contribution in [0.25, 0.3) is 5.69 Å². The molecule has 0 atom stereocenters. The van der Waals surface area contributed by atoms with Crippen molar-refractivity contribution < 1.29 is 14.0 Å². The Balaban J connectivity index is 1.59. The Morgan fingerprint density at radius 2 is 1.74 bits per heavy atom. The van der Waals surface area contributed by atoms with Crippen molar-refractivity contribution in [1.29, 1.82) is 0 Å². The van der Waals surface area contributed by atoms with Crippen molar-refractivity contribution in [3.05, 3.63) is 87.0 Å². The molecule has 0 saturated heterocycles. The Labute approximate surface area is 181 Å². The average molecular weight is 436 g/mol. The highest BCUT2D eigenvalue weighted by molar-refractivity contribution is 7.18. The van der Waals surface area contributed by atoms with Crippen LogP contribution in [0.2, 0.25) is 0 Å². The quantitative estimate of drug-likeness (QED) is 0.495. The van der Waals surface area contributed by atoms with E-state index in [-0.39, 0.29) is 17.0 Å². The summed E-state index contributed by atoms with van der Waals surface area (Å²) in [6.45, 7) is 3.54. The van der Waals surface area contributed by atoms with Crippen LogP contribution in [0.3, 0.4) is 0 Å². The van der Waals surface area contributed by atoms with Gasteiger partial charge in [0, 0.05) is 7.05 Å². The topological polar surface area (TPSA) is 98.3 Å². The number of hydrogen-bond donors (Lipinski definition) is 2. The van der Waals surface area contributed by atoms with E-state index in [0.29, 0.717) is 26.8 Å². The first-order chi connectivity index (χ1) is 14.9. The zero-order valence-electron chi connectivity index (χ0n) is 17.1. The van der Waals surface area contributed by atoms with Gasteiger partial charge in [-0.05, 0) is 49.7 Å². The van der Waals surface area contributed by atoms with E-state index in [1.54, 1.807) is 43.8 Å². The molecule has 0 aliphatic rings. The van der Waals surface area contributed by atoms with Gasteiger partial charge < -0.3 is 15.1 Å². The van der Waals surface area contributed by atoms with Gasteiger partial charge in [-0.25, -0.2) is 4.68 Å². The molecule has 3 heterocycles. The number of nitrogens with one attached hydrogen (secondary N) is 2. The van der Waals surface area contributed by atoms with Crippen molar-refractivity contribution in [1.82, 2.24) is 9.36 Å². The molecule has 8 nitrogen and oxygen atoms in total. The number of thiophene rings is 1. The van der Waals surface area contributed by atoms with Gasteiger partial charge in [-0.3, -0.25) is 19.1 Å². The summed E-state index contributed by atoms with van der Waals surface area (Å²) in [5, 5.41) is 5.97. The SMILES string of the molecule is Cc1cc(NC(=O)c2ccco2)sc1C(=O)Nc1c(C)n(C)n(-c2ccccc2)c1=O. The molecule has 0 bridgehead atoms. The predicted octanol–water partition coefficient (Wildman–Crippen LogP) is 3.95. The van der Waals surface area contributed by atoms with E-state index in [1.165, 1.54) is 10.9 Å². The first kappa shape index (κ1) is 20.4. The van der Waals surface area contributed by atoms with Crippen LogP contribution in [0, 0.1) is 13.8 Å². The summed E-state index contributed by atoms with van der Waals surface area (Å²) in [4.78, 5) is 38.5.